The van der Waals surface area contributed by atoms with Gasteiger partial charge in [-0.05, 0) is 66.7 Å². The van der Waals surface area contributed by atoms with Crippen LogP contribution in [0.2, 0.25) is 0 Å². The van der Waals surface area contributed by atoms with Crippen molar-refractivity contribution >= 4 is 97.5 Å². The van der Waals surface area contributed by atoms with Crippen LogP contribution in [-0.4, -0.2) is 69.3 Å². The molecule has 5 rings (SSSR count). The van der Waals surface area contributed by atoms with Gasteiger partial charge in [0.05, 0.1) is 47.9 Å². The van der Waals surface area contributed by atoms with Crippen molar-refractivity contribution in [2.75, 3.05) is 10.7 Å². The number of azo groups is 1. The average Bonchev–Trinajstić information content (AvgIpc) is 3.01. The van der Waals surface area contributed by atoms with Gasteiger partial charge in [-0.1, -0.05) is 6.07 Å². The van der Waals surface area contributed by atoms with E-state index in [1.165, 1.54) is 24.3 Å². The fraction of sp³-hybridized carbons (Fsp3) is 0.0357. The molecule has 1 aliphatic carbocycles. The van der Waals surface area contributed by atoms with Gasteiger partial charge >= 0.3 is 118 Å². The molecule has 0 radical (unpaired) electrons. The SMILES string of the molecule is CC(=O)Nc1ccc(S(=O)(=O)[O-])c2c1C(=O)/C(=N/Nc1ccc(N=Nc3ccc(S(=O)(=O)[O-])cc3)c3ccc(S(=O)(=O)[O-])cc13)C(S(=O)(=O)[O-])=C2.[Na+].[Na+].[Na+].[Na+]. The summed E-state index contributed by atoms with van der Waals surface area (Å²) < 4.78 is 142. The van der Waals surface area contributed by atoms with Crippen molar-refractivity contribution in [2.45, 2.75) is 21.6 Å². The van der Waals surface area contributed by atoms with Crippen LogP contribution >= 0.6 is 0 Å². The molecular formula is C28H17N5Na4O14S4. The Labute approximate surface area is 402 Å². The Morgan fingerprint density at radius 3 is 1.73 bits per heavy atom. The minimum atomic E-state index is -5.64. The first-order chi connectivity index (χ1) is 23.6. The smallest absolute Gasteiger partial charge is 0.744 e. The maximum Gasteiger partial charge on any atom is 1.00 e. The number of anilines is 2. The Kier molecular flexibility index (Phi) is 18.5. The number of carbonyl (C=O) groups is 2. The molecule has 0 saturated carbocycles. The van der Waals surface area contributed by atoms with Crippen molar-refractivity contribution in [3.8, 4) is 0 Å². The fourth-order valence-electron chi connectivity index (χ4n) is 4.79. The van der Waals surface area contributed by atoms with Gasteiger partial charge < -0.3 is 23.5 Å². The van der Waals surface area contributed by atoms with E-state index in [4.69, 9.17) is 0 Å². The molecule has 1 aliphatic rings. The minimum absolute atomic E-state index is 0. The quantitative estimate of drug-likeness (QED) is 0.0683. The molecule has 0 heterocycles. The number of amides is 1. The van der Waals surface area contributed by atoms with Crippen LogP contribution in [0.25, 0.3) is 16.8 Å². The minimum Gasteiger partial charge on any atom is -0.744 e. The molecule has 0 aliphatic heterocycles. The molecule has 4 aromatic rings. The summed E-state index contributed by atoms with van der Waals surface area (Å²) >= 11 is 0. The van der Waals surface area contributed by atoms with Crippen LogP contribution in [0.3, 0.4) is 0 Å². The molecule has 0 unspecified atom stereocenters. The van der Waals surface area contributed by atoms with Crippen molar-refractivity contribution in [3.63, 3.8) is 0 Å². The van der Waals surface area contributed by atoms with E-state index in [1.807, 2.05) is 0 Å². The summed E-state index contributed by atoms with van der Waals surface area (Å²) in [5.41, 5.74) is -0.758. The third-order valence-electron chi connectivity index (χ3n) is 6.95. The summed E-state index contributed by atoms with van der Waals surface area (Å²) in [5, 5.41) is 13.9. The Morgan fingerprint density at radius 2 is 1.20 bits per heavy atom. The van der Waals surface area contributed by atoms with E-state index in [-0.39, 0.29) is 152 Å². The summed E-state index contributed by atoms with van der Waals surface area (Å²) in [6, 6.07) is 11.3. The van der Waals surface area contributed by atoms with Gasteiger partial charge in [0.1, 0.15) is 46.2 Å². The number of hydrogen-bond donors (Lipinski definition) is 2. The van der Waals surface area contributed by atoms with E-state index in [0.717, 1.165) is 43.3 Å². The first-order valence-electron chi connectivity index (χ1n) is 13.5. The monoisotopic (exact) mass is 867 g/mol. The van der Waals surface area contributed by atoms with E-state index >= 15 is 0 Å². The number of rotatable bonds is 9. The molecule has 27 heteroatoms. The van der Waals surface area contributed by atoms with Gasteiger partial charge in [-0.2, -0.15) is 10.2 Å². The number of hydrazone groups is 1. The fourth-order valence-corrected chi connectivity index (χ4v) is 7.05. The maximum absolute atomic E-state index is 13.7. The Bertz CT molecular complexity index is 2750. The van der Waals surface area contributed by atoms with Gasteiger partial charge in [-0.15, -0.1) is 5.11 Å². The first-order valence-corrected chi connectivity index (χ1v) is 19.2. The van der Waals surface area contributed by atoms with Gasteiger partial charge in [0.15, 0.2) is 0 Å². The summed E-state index contributed by atoms with van der Waals surface area (Å²) in [4.78, 5) is 21.8. The maximum atomic E-state index is 13.7. The third-order valence-corrected chi connectivity index (χ3v) is 10.4. The standard InChI is InChI=1S/C28H21N5O14S4.4Na/c1-14(34)29-23-10-11-24(50(42,43)44)20-13-25(51(45,46)47)27(28(35)26(20)23)33-32-22-9-8-21(18-7-6-17(12-19(18)22)49(39,40)41)31-30-15-2-4-16(5-3-15)48(36,37)38;;;;/h2-13,32H,1H3,(H,29,34)(H,36,37,38)(H,39,40,41)(H,42,43,44)(H,45,46,47);;;;/q;4*+1/p-4/b31-30?,33-27+;;;;. The second-order valence-corrected chi connectivity index (χ2v) is 15.8. The molecular weight excluding hydrogens is 851 g/mol. The van der Waals surface area contributed by atoms with Gasteiger partial charge in [-0.3, -0.25) is 15.0 Å². The number of fused-ring (bicyclic) bond motifs is 2. The number of nitrogens with zero attached hydrogens (tertiary/aromatic N) is 3. The van der Waals surface area contributed by atoms with Crippen molar-refractivity contribution in [3.05, 3.63) is 82.8 Å². The number of hydrogen-bond acceptors (Lipinski definition) is 18. The van der Waals surface area contributed by atoms with Gasteiger partial charge in [0.2, 0.25) is 11.7 Å². The van der Waals surface area contributed by atoms with E-state index < -0.39 is 88.6 Å². The van der Waals surface area contributed by atoms with Crippen molar-refractivity contribution in [1.82, 2.24) is 0 Å². The predicted octanol–water partition coefficient (Wildman–Crippen LogP) is -9.51. The summed E-state index contributed by atoms with van der Waals surface area (Å²) in [5.74, 6) is -2.18. The number of ketones is 1. The van der Waals surface area contributed by atoms with Crippen LogP contribution in [0.5, 0.6) is 0 Å². The molecule has 266 valence electrons. The van der Waals surface area contributed by atoms with Crippen molar-refractivity contribution < 1.29 is 180 Å². The number of allylic oxidation sites excluding steroid dienone is 1. The number of nitrogens with one attached hydrogen (secondary N) is 2. The number of benzene rings is 4. The topological polar surface area (TPSA) is 324 Å². The van der Waals surface area contributed by atoms with E-state index in [0.29, 0.717) is 12.1 Å². The van der Waals surface area contributed by atoms with Crippen LogP contribution in [0.15, 0.2) is 102 Å². The van der Waals surface area contributed by atoms with Gasteiger partial charge in [0.25, 0.3) is 0 Å². The molecule has 0 aromatic heterocycles. The van der Waals surface area contributed by atoms with Crippen molar-refractivity contribution in [2.24, 2.45) is 15.3 Å². The van der Waals surface area contributed by atoms with Gasteiger partial charge in [0, 0.05) is 23.3 Å². The molecule has 1 amide bonds. The van der Waals surface area contributed by atoms with Crippen LogP contribution in [0.1, 0.15) is 22.8 Å². The number of carbonyl (C=O) groups excluding carboxylic acids is 2. The zero-order valence-corrected chi connectivity index (χ0v) is 40.4. The molecule has 4 aromatic carbocycles. The zero-order valence-electron chi connectivity index (χ0n) is 29.1. The molecule has 55 heavy (non-hydrogen) atoms. The molecule has 2 N–H and O–H groups in total. The van der Waals surface area contributed by atoms with Crippen LogP contribution < -0.4 is 129 Å². The predicted molar refractivity (Wildman–Crippen MR) is 172 cm³/mol. The Hall–Kier alpha value is -1.27. The van der Waals surface area contributed by atoms with E-state index in [1.54, 1.807) is 0 Å². The number of Topliss-reactive ketones (excluding diaryl/α,β-unsaturated/α-hetero) is 1. The van der Waals surface area contributed by atoms with Crippen LogP contribution in [0, 0.1) is 0 Å². The molecule has 19 nitrogen and oxygen atoms in total. The molecule has 0 fully saturated rings. The van der Waals surface area contributed by atoms with Gasteiger partial charge in [-0.25, -0.2) is 33.7 Å². The summed E-state index contributed by atoms with van der Waals surface area (Å²) in [7, 11) is -20.8. The molecule has 0 spiro atoms. The molecule has 0 saturated heterocycles. The zero-order chi connectivity index (χ0) is 37.7. The molecule has 0 atom stereocenters. The van der Waals surface area contributed by atoms with Crippen LogP contribution in [0.4, 0.5) is 22.7 Å². The largest absolute Gasteiger partial charge is 1.00 e. The average molecular weight is 868 g/mol. The summed E-state index contributed by atoms with van der Waals surface area (Å²) in [6.45, 7) is 1.03. The summed E-state index contributed by atoms with van der Waals surface area (Å²) in [6.07, 6.45) is 0.429. The Morgan fingerprint density at radius 1 is 0.636 bits per heavy atom. The third kappa shape index (κ3) is 12.1. The van der Waals surface area contributed by atoms with E-state index in [2.05, 4.69) is 26.1 Å². The normalized spacial score (nSPS) is 13.7. The second kappa shape index (κ2) is 19.7. The second-order valence-electron chi connectivity index (χ2n) is 10.3. The Balaban J connectivity index is 0.00000378. The van der Waals surface area contributed by atoms with E-state index in [9.17, 15) is 61.5 Å². The first kappa shape index (κ1) is 51.7. The van der Waals surface area contributed by atoms with Crippen LogP contribution in [-0.2, 0) is 45.3 Å². The van der Waals surface area contributed by atoms with Crippen molar-refractivity contribution in [1.29, 1.82) is 0 Å². The molecule has 0 bridgehead atoms.